The zero-order chi connectivity index (χ0) is 28.1. The molecule has 4 rings (SSSR count). The van der Waals surface area contributed by atoms with E-state index in [-0.39, 0.29) is 18.7 Å². The van der Waals surface area contributed by atoms with Gasteiger partial charge in [0.25, 0.3) is 0 Å². The highest BCUT2D eigenvalue weighted by Crippen LogP contribution is 2.24. The Labute approximate surface area is 223 Å². The van der Waals surface area contributed by atoms with Gasteiger partial charge in [0.15, 0.2) is 11.9 Å². The monoisotopic (exact) mass is 536 g/mol. The number of ether oxygens (including phenoxy) is 1. The van der Waals surface area contributed by atoms with E-state index in [4.69, 9.17) is 4.74 Å². The van der Waals surface area contributed by atoms with Gasteiger partial charge in [0.2, 0.25) is 11.7 Å². The molecule has 39 heavy (non-hydrogen) atoms. The number of ketones is 1. The van der Waals surface area contributed by atoms with E-state index in [9.17, 15) is 34.8 Å². The predicted molar refractivity (Wildman–Crippen MR) is 136 cm³/mol. The van der Waals surface area contributed by atoms with Gasteiger partial charge in [0.05, 0.1) is 18.8 Å². The number of carbonyl (C=O) groups excluding carboxylic acids is 2. The minimum atomic E-state index is -1.70. The third-order valence-corrected chi connectivity index (χ3v) is 6.24. The molecule has 1 aliphatic heterocycles. The number of carbonyl (C=O) groups is 3. The van der Waals surface area contributed by atoms with Gasteiger partial charge in [-0.15, -0.1) is 5.10 Å². The Hall–Kier alpha value is -4.39. The molecule has 1 aromatic heterocycles. The van der Waals surface area contributed by atoms with Crippen LogP contribution in [-0.2, 0) is 27.3 Å². The zero-order valence-electron chi connectivity index (χ0n) is 20.9. The second kappa shape index (κ2) is 12.0. The fourth-order valence-corrected chi connectivity index (χ4v) is 4.26. The van der Waals surface area contributed by atoms with Crippen molar-refractivity contribution in [2.45, 2.75) is 50.3 Å². The van der Waals surface area contributed by atoms with Gasteiger partial charge in [-0.2, -0.15) is 0 Å². The number of nitrogens with zero attached hydrogens (tertiary/aromatic N) is 3. The van der Waals surface area contributed by atoms with E-state index in [0.29, 0.717) is 16.8 Å². The Balaban J connectivity index is 1.41. The van der Waals surface area contributed by atoms with Crippen molar-refractivity contribution in [3.8, 4) is 11.3 Å². The number of aliphatic hydroxyl groups is 3. The van der Waals surface area contributed by atoms with Gasteiger partial charge >= 0.3 is 5.97 Å². The summed E-state index contributed by atoms with van der Waals surface area (Å²) in [6.07, 6.45) is -3.44. The number of Topliss-reactive ketones (excluding diaryl/α,β-unsaturated/α-hetero) is 1. The molecule has 2 aromatic carbocycles. The van der Waals surface area contributed by atoms with E-state index < -0.39 is 48.1 Å². The smallest absolute Gasteiger partial charge is 0.370 e. The van der Waals surface area contributed by atoms with Gasteiger partial charge in [0.1, 0.15) is 24.0 Å². The summed E-state index contributed by atoms with van der Waals surface area (Å²) in [6, 6.07) is 15.0. The van der Waals surface area contributed by atoms with Crippen LogP contribution in [0.15, 0.2) is 72.6 Å². The standard InChI is InChI=1S/C27H28N4O8/c1-15(32)28-24-21(34)12-23(27(37)38)39-26(24)25(36)22(35)14-31-13-19(29-30-31)17-9-7-16(8-10-17)11-20(33)18-5-3-2-4-6-18/h2-10,12-13,21-22,24-26,34-36H,11,14H2,1H3,(H,28,32)(H,37,38)/t21-,22?,24-,25?,26?/m1/s1. The minimum absolute atomic E-state index is 0.00279. The lowest BCUT2D eigenvalue weighted by atomic mass is 9.93. The first kappa shape index (κ1) is 27.6. The van der Waals surface area contributed by atoms with E-state index in [1.165, 1.54) is 11.6 Å². The van der Waals surface area contributed by atoms with Crippen LogP contribution >= 0.6 is 0 Å². The van der Waals surface area contributed by atoms with Crippen LogP contribution < -0.4 is 5.32 Å². The number of hydrogen-bond donors (Lipinski definition) is 5. The maximum absolute atomic E-state index is 12.4. The summed E-state index contributed by atoms with van der Waals surface area (Å²) in [5.74, 6) is -2.63. The number of carboxylic acid groups (broad SMARTS) is 1. The van der Waals surface area contributed by atoms with Crippen LogP contribution in [0, 0.1) is 0 Å². The van der Waals surface area contributed by atoms with E-state index >= 15 is 0 Å². The molecule has 0 saturated heterocycles. The fraction of sp³-hybridized carbons (Fsp3) is 0.296. The van der Waals surface area contributed by atoms with Gasteiger partial charge in [-0.1, -0.05) is 59.8 Å². The first-order valence-electron chi connectivity index (χ1n) is 12.1. The Morgan fingerprint density at radius 2 is 1.77 bits per heavy atom. The molecule has 204 valence electrons. The Morgan fingerprint density at radius 3 is 2.41 bits per heavy atom. The zero-order valence-corrected chi connectivity index (χ0v) is 20.9. The van der Waals surface area contributed by atoms with Crippen molar-refractivity contribution in [1.29, 1.82) is 0 Å². The lowest BCUT2D eigenvalue weighted by molar-refractivity contribution is -0.148. The lowest BCUT2D eigenvalue weighted by Gasteiger charge is -2.38. The Bertz CT molecular complexity index is 1360. The first-order valence-corrected chi connectivity index (χ1v) is 12.1. The van der Waals surface area contributed by atoms with Crippen LogP contribution in [0.25, 0.3) is 11.3 Å². The van der Waals surface area contributed by atoms with Gasteiger partial charge in [-0.05, 0) is 11.6 Å². The van der Waals surface area contributed by atoms with E-state index in [1.807, 2.05) is 30.3 Å². The Morgan fingerprint density at radius 1 is 1.08 bits per heavy atom. The van der Waals surface area contributed by atoms with Crippen molar-refractivity contribution in [2.24, 2.45) is 0 Å². The van der Waals surface area contributed by atoms with E-state index in [1.54, 1.807) is 30.5 Å². The van der Waals surface area contributed by atoms with Crippen LogP contribution in [0.5, 0.6) is 0 Å². The molecule has 12 nitrogen and oxygen atoms in total. The summed E-state index contributed by atoms with van der Waals surface area (Å²) in [7, 11) is 0. The van der Waals surface area contributed by atoms with Crippen molar-refractivity contribution in [3.63, 3.8) is 0 Å². The number of aliphatic carboxylic acids is 1. The topological polar surface area (TPSA) is 184 Å². The molecule has 5 atom stereocenters. The molecular formula is C27H28N4O8. The summed E-state index contributed by atoms with van der Waals surface area (Å²) in [5, 5.41) is 51.5. The third-order valence-electron chi connectivity index (χ3n) is 6.24. The molecule has 1 aliphatic rings. The molecule has 2 heterocycles. The largest absolute Gasteiger partial charge is 0.478 e. The molecule has 12 heteroatoms. The summed E-state index contributed by atoms with van der Waals surface area (Å²) >= 11 is 0. The number of nitrogens with one attached hydrogen (secondary N) is 1. The number of aliphatic hydroxyl groups excluding tert-OH is 3. The average Bonchev–Trinajstić information content (AvgIpc) is 3.38. The van der Waals surface area contributed by atoms with Crippen LogP contribution in [-0.4, -0.2) is 83.5 Å². The van der Waals surface area contributed by atoms with Crippen LogP contribution in [0.3, 0.4) is 0 Å². The van der Waals surface area contributed by atoms with Crippen molar-refractivity contribution in [2.75, 3.05) is 0 Å². The van der Waals surface area contributed by atoms with Crippen molar-refractivity contribution < 1.29 is 39.5 Å². The highest BCUT2D eigenvalue weighted by atomic mass is 16.5. The molecule has 0 saturated carbocycles. The van der Waals surface area contributed by atoms with Gasteiger partial charge in [-0.25, -0.2) is 9.48 Å². The SMILES string of the molecule is CC(=O)N[C@H]1C(C(O)C(O)Cn2cc(-c3ccc(CC(=O)c4ccccc4)cc3)nn2)OC(C(=O)O)=C[C@H]1O. The molecule has 0 fully saturated rings. The quantitative estimate of drug-likeness (QED) is 0.226. The second-order valence-electron chi connectivity index (χ2n) is 9.18. The molecule has 5 N–H and O–H groups in total. The fourth-order valence-electron chi connectivity index (χ4n) is 4.26. The number of aromatic nitrogens is 3. The molecule has 0 radical (unpaired) electrons. The third kappa shape index (κ3) is 6.74. The molecule has 0 bridgehead atoms. The highest BCUT2D eigenvalue weighted by molar-refractivity contribution is 5.97. The number of benzene rings is 2. The molecule has 3 aromatic rings. The van der Waals surface area contributed by atoms with Crippen molar-refractivity contribution in [1.82, 2.24) is 20.3 Å². The molecule has 0 spiro atoms. The summed E-state index contributed by atoms with van der Waals surface area (Å²) < 4.78 is 6.59. The Kier molecular flexibility index (Phi) is 8.49. The molecule has 0 aliphatic carbocycles. The molecular weight excluding hydrogens is 508 g/mol. The van der Waals surface area contributed by atoms with E-state index in [2.05, 4.69) is 15.6 Å². The summed E-state index contributed by atoms with van der Waals surface area (Å²) in [5.41, 5.74) is 2.66. The van der Waals surface area contributed by atoms with Crippen LogP contribution in [0.2, 0.25) is 0 Å². The number of carboxylic acids is 1. The maximum Gasteiger partial charge on any atom is 0.370 e. The molecule has 3 unspecified atom stereocenters. The molecule has 1 amide bonds. The maximum atomic E-state index is 12.4. The lowest BCUT2D eigenvalue weighted by Crippen LogP contribution is -2.59. The van der Waals surface area contributed by atoms with Crippen molar-refractivity contribution in [3.05, 3.63) is 83.8 Å². The summed E-state index contributed by atoms with van der Waals surface area (Å²) in [6.45, 7) is 0.945. The number of rotatable bonds is 10. The van der Waals surface area contributed by atoms with Gasteiger partial charge in [-0.3, -0.25) is 9.59 Å². The average molecular weight is 537 g/mol. The predicted octanol–water partition coefficient (Wildman–Crippen LogP) is 0.325. The highest BCUT2D eigenvalue weighted by Gasteiger charge is 2.43. The number of amides is 1. The van der Waals surface area contributed by atoms with Crippen LogP contribution in [0.4, 0.5) is 0 Å². The van der Waals surface area contributed by atoms with Gasteiger partial charge in [0, 0.05) is 24.5 Å². The van der Waals surface area contributed by atoms with Crippen molar-refractivity contribution >= 4 is 17.7 Å². The van der Waals surface area contributed by atoms with Crippen LogP contribution in [0.1, 0.15) is 22.8 Å². The first-order chi connectivity index (χ1) is 18.6. The van der Waals surface area contributed by atoms with E-state index in [0.717, 1.165) is 11.6 Å². The summed E-state index contributed by atoms with van der Waals surface area (Å²) in [4.78, 5) is 35.4. The normalized spacial score (nSPS) is 20.3. The minimum Gasteiger partial charge on any atom is -0.478 e. The number of hydrogen-bond acceptors (Lipinski definition) is 9. The second-order valence-corrected chi connectivity index (χ2v) is 9.18. The van der Waals surface area contributed by atoms with Gasteiger partial charge < -0.3 is 30.5 Å².